The van der Waals surface area contributed by atoms with Gasteiger partial charge >= 0.3 is 6.18 Å². The number of aromatic nitrogens is 2. The molecule has 0 fully saturated rings. The fraction of sp³-hybridized carbons (Fsp3) is 0.357. The first-order chi connectivity index (χ1) is 9.97. The standard InChI is InChI=1S/C14H16F3N3O/c15-14(16,17)13(21)8-19-12(9-20-7-6-18-10-20)11-4-2-1-3-5-11/h1-7,10,12-13,19,21H,8-9H2. The second-order valence-electron chi connectivity index (χ2n) is 4.69. The molecule has 4 nitrogen and oxygen atoms in total. The summed E-state index contributed by atoms with van der Waals surface area (Å²) in [6, 6.07) is 8.78. The number of hydrogen-bond donors (Lipinski definition) is 2. The molecule has 0 saturated carbocycles. The van der Waals surface area contributed by atoms with Crippen LogP contribution in [0.1, 0.15) is 11.6 Å². The Bertz CT molecular complexity index is 528. The number of imidazole rings is 1. The number of alkyl halides is 3. The maximum Gasteiger partial charge on any atom is 0.415 e. The van der Waals surface area contributed by atoms with Crippen molar-refractivity contribution in [1.29, 1.82) is 0 Å². The summed E-state index contributed by atoms with van der Waals surface area (Å²) in [5.74, 6) is 0. The Labute approximate surface area is 120 Å². The molecule has 2 N–H and O–H groups in total. The van der Waals surface area contributed by atoms with Gasteiger partial charge in [-0.25, -0.2) is 4.98 Å². The van der Waals surface area contributed by atoms with E-state index in [2.05, 4.69) is 10.3 Å². The Morgan fingerprint density at radius 2 is 1.95 bits per heavy atom. The molecule has 0 aliphatic rings. The number of aliphatic hydroxyl groups excluding tert-OH is 1. The monoisotopic (exact) mass is 299 g/mol. The summed E-state index contributed by atoms with van der Waals surface area (Å²) in [5.41, 5.74) is 0.848. The number of nitrogens with zero attached hydrogens (tertiary/aromatic N) is 2. The molecule has 2 atom stereocenters. The van der Waals surface area contributed by atoms with E-state index in [1.54, 1.807) is 23.3 Å². The molecule has 7 heteroatoms. The van der Waals surface area contributed by atoms with E-state index in [1.165, 1.54) is 0 Å². The normalized spacial score (nSPS) is 14.9. The number of benzene rings is 1. The minimum atomic E-state index is -4.62. The van der Waals surface area contributed by atoms with Gasteiger partial charge in [-0.05, 0) is 5.56 Å². The molecule has 0 aliphatic heterocycles. The van der Waals surface area contributed by atoms with Crippen molar-refractivity contribution in [2.24, 2.45) is 0 Å². The third-order valence-corrected chi connectivity index (χ3v) is 3.09. The second kappa shape index (κ2) is 6.73. The van der Waals surface area contributed by atoms with Crippen LogP contribution in [0.15, 0.2) is 49.1 Å². The van der Waals surface area contributed by atoms with Crippen LogP contribution in [0.3, 0.4) is 0 Å². The number of rotatable bonds is 6. The number of hydrogen-bond acceptors (Lipinski definition) is 3. The highest BCUT2D eigenvalue weighted by atomic mass is 19.4. The van der Waals surface area contributed by atoms with Crippen LogP contribution in [-0.2, 0) is 6.54 Å². The Hall–Kier alpha value is -1.86. The van der Waals surface area contributed by atoms with Gasteiger partial charge < -0.3 is 15.0 Å². The van der Waals surface area contributed by atoms with E-state index in [-0.39, 0.29) is 6.04 Å². The fourth-order valence-electron chi connectivity index (χ4n) is 1.95. The molecule has 2 rings (SSSR count). The van der Waals surface area contributed by atoms with Gasteiger partial charge in [-0.1, -0.05) is 30.3 Å². The summed E-state index contributed by atoms with van der Waals surface area (Å²) >= 11 is 0. The van der Waals surface area contributed by atoms with Crippen LogP contribution in [0.25, 0.3) is 0 Å². The quantitative estimate of drug-likeness (QED) is 0.859. The van der Waals surface area contributed by atoms with E-state index in [1.807, 2.05) is 30.3 Å². The highest BCUT2D eigenvalue weighted by molar-refractivity contribution is 5.18. The molecule has 2 aromatic rings. The van der Waals surface area contributed by atoms with Crippen molar-refractivity contribution in [2.75, 3.05) is 6.54 Å². The van der Waals surface area contributed by atoms with E-state index in [0.29, 0.717) is 6.54 Å². The molecular formula is C14H16F3N3O. The molecule has 2 unspecified atom stereocenters. The highest BCUT2D eigenvalue weighted by Crippen LogP contribution is 2.21. The minimum Gasteiger partial charge on any atom is -0.382 e. The Morgan fingerprint density at radius 1 is 1.24 bits per heavy atom. The van der Waals surface area contributed by atoms with E-state index in [4.69, 9.17) is 5.11 Å². The van der Waals surface area contributed by atoms with Gasteiger partial charge in [-0.2, -0.15) is 13.2 Å². The molecule has 21 heavy (non-hydrogen) atoms. The molecule has 0 saturated heterocycles. The lowest BCUT2D eigenvalue weighted by atomic mass is 10.1. The topological polar surface area (TPSA) is 50.1 Å². The van der Waals surface area contributed by atoms with Crippen LogP contribution in [-0.4, -0.2) is 33.5 Å². The summed E-state index contributed by atoms with van der Waals surface area (Å²) in [6.07, 6.45) is -2.07. The third kappa shape index (κ3) is 4.57. The third-order valence-electron chi connectivity index (χ3n) is 3.09. The molecule has 114 valence electrons. The van der Waals surface area contributed by atoms with Gasteiger partial charge in [0, 0.05) is 25.5 Å². The molecule has 1 aromatic heterocycles. The van der Waals surface area contributed by atoms with Crippen molar-refractivity contribution < 1.29 is 18.3 Å². The van der Waals surface area contributed by atoms with Crippen molar-refractivity contribution in [3.05, 3.63) is 54.6 Å². The SMILES string of the molecule is OC(CNC(Cn1ccnc1)c1ccccc1)C(F)(F)F. The van der Waals surface area contributed by atoms with Gasteiger partial charge in [0.25, 0.3) is 0 Å². The lowest BCUT2D eigenvalue weighted by Gasteiger charge is -2.22. The van der Waals surface area contributed by atoms with Crippen LogP contribution in [0.5, 0.6) is 0 Å². The fourth-order valence-corrected chi connectivity index (χ4v) is 1.95. The summed E-state index contributed by atoms with van der Waals surface area (Å²) in [4.78, 5) is 3.91. The van der Waals surface area contributed by atoms with Gasteiger partial charge in [0.05, 0.1) is 12.4 Å². The zero-order valence-corrected chi connectivity index (χ0v) is 11.2. The van der Waals surface area contributed by atoms with Gasteiger partial charge in [-0.3, -0.25) is 0 Å². The number of halogens is 3. The van der Waals surface area contributed by atoms with Crippen molar-refractivity contribution >= 4 is 0 Å². The largest absolute Gasteiger partial charge is 0.415 e. The Balaban J connectivity index is 2.06. The zero-order valence-electron chi connectivity index (χ0n) is 11.2. The summed E-state index contributed by atoms with van der Waals surface area (Å²) < 4.78 is 38.9. The maximum absolute atomic E-state index is 12.4. The predicted molar refractivity (Wildman–Crippen MR) is 71.5 cm³/mol. The lowest BCUT2D eigenvalue weighted by Crippen LogP contribution is -2.40. The first-order valence-corrected chi connectivity index (χ1v) is 6.45. The smallest absolute Gasteiger partial charge is 0.382 e. The average Bonchev–Trinajstić information content (AvgIpc) is 2.96. The van der Waals surface area contributed by atoms with Crippen LogP contribution in [0.4, 0.5) is 13.2 Å². The number of nitrogens with one attached hydrogen (secondary N) is 1. The first-order valence-electron chi connectivity index (χ1n) is 6.45. The van der Waals surface area contributed by atoms with E-state index < -0.39 is 18.8 Å². The van der Waals surface area contributed by atoms with Crippen LogP contribution >= 0.6 is 0 Å². The predicted octanol–water partition coefficient (Wildman–Crippen LogP) is 2.14. The lowest BCUT2D eigenvalue weighted by molar-refractivity contribution is -0.202. The van der Waals surface area contributed by atoms with Gasteiger partial charge in [0.1, 0.15) is 0 Å². The van der Waals surface area contributed by atoms with Crippen LogP contribution in [0, 0.1) is 0 Å². The summed E-state index contributed by atoms with van der Waals surface area (Å²) in [5, 5.41) is 11.9. The first kappa shape index (κ1) is 15.5. The highest BCUT2D eigenvalue weighted by Gasteiger charge is 2.38. The minimum absolute atomic E-state index is 0.350. The molecule has 0 spiro atoms. The van der Waals surface area contributed by atoms with Gasteiger partial charge in [-0.15, -0.1) is 0 Å². The maximum atomic E-state index is 12.4. The molecular weight excluding hydrogens is 283 g/mol. The van der Waals surface area contributed by atoms with E-state index in [9.17, 15) is 13.2 Å². The van der Waals surface area contributed by atoms with Crippen LogP contribution in [0.2, 0.25) is 0 Å². The molecule has 0 radical (unpaired) electrons. The molecule has 0 aliphatic carbocycles. The summed E-state index contributed by atoms with van der Waals surface area (Å²) in [6.45, 7) is -0.133. The average molecular weight is 299 g/mol. The van der Waals surface area contributed by atoms with Crippen molar-refractivity contribution in [2.45, 2.75) is 24.9 Å². The Morgan fingerprint density at radius 3 is 2.52 bits per heavy atom. The summed E-state index contributed by atoms with van der Waals surface area (Å²) in [7, 11) is 0. The zero-order chi connectivity index (χ0) is 15.3. The molecule has 0 amide bonds. The second-order valence-corrected chi connectivity index (χ2v) is 4.69. The van der Waals surface area contributed by atoms with E-state index >= 15 is 0 Å². The van der Waals surface area contributed by atoms with E-state index in [0.717, 1.165) is 5.56 Å². The van der Waals surface area contributed by atoms with Crippen molar-refractivity contribution in [3.8, 4) is 0 Å². The number of aliphatic hydroxyl groups is 1. The van der Waals surface area contributed by atoms with Crippen molar-refractivity contribution in [3.63, 3.8) is 0 Å². The molecule has 0 bridgehead atoms. The molecule has 1 aromatic carbocycles. The van der Waals surface area contributed by atoms with Crippen LogP contribution < -0.4 is 5.32 Å². The molecule has 1 heterocycles. The van der Waals surface area contributed by atoms with Gasteiger partial charge in [0.15, 0.2) is 6.10 Å². The van der Waals surface area contributed by atoms with Crippen molar-refractivity contribution in [1.82, 2.24) is 14.9 Å². The van der Waals surface area contributed by atoms with Gasteiger partial charge in [0.2, 0.25) is 0 Å². The Kier molecular flexibility index (Phi) is 4.98.